The number of carboxylic acid groups (broad SMARTS) is 1. The van der Waals surface area contributed by atoms with E-state index in [1.165, 1.54) is 35.7 Å². The first-order chi connectivity index (χ1) is 19.4. The number of ether oxygens (including phenoxy) is 1. The predicted molar refractivity (Wildman–Crippen MR) is 150 cm³/mol. The summed E-state index contributed by atoms with van der Waals surface area (Å²) in [6, 6.07) is 13.8. The second-order valence-corrected chi connectivity index (χ2v) is 12.3. The summed E-state index contributed by atoms with van der Waals surface area (Å²) in [5.41, 5.74) is 0.280. The van der Waals surface area contributed by atoms with E-state index in [1.807, 2.05) is 44.2 Å². The smallest absolute Gasteiger partial charge is 0.315 e. The molecular formula is C28H39N4O8S-. The Morgan fingerprint density at radius 1 is 1.10 bits per heavy atom. The van der Waals surface area contributed by atoms with Gasteiger partial charge >= 0.3 is 6.03 Å². The molecule has 0 aliphatic carbocycles. The largest absolute Gasteiger partial charge is 0.548 e. The molecule has 3 amide bonds. The molecular weight excluding hydrogens is 552 g/mol. The van der Waals surface area contributed by atoms with Crippen molar-refractivity contribution in [1.82, 2.24) is 20.3 Å². The number of urea groups is 1. The van der Waals surface area contributed by atoms with Crippen molar-refractivity contribution in [3.63, 3.8) is 0 Å². The van der Waals surface area contributed by atoms with Crippen molar-refractivity contribution < 1.29 is 37.8 Å². The van der Waals surface area contributed by atoms with Gasteiger partial charge in [-0.3, -0.25) is 4.79 Å². The summed E-state index contributed by atoms with van der Waals surface area (Å²) in [5.74, 6) is -0.916. The fourth-order valence-electron chi connectivity index (χ4n) is 4.28. The van der Waals surface area contributed by atoms with Gasteiger partial charge in [0.2, 0.25) is 16.4 Å². The molecule has 0 heterocycles. The quantitative estimate of drug-likeness (QED) is 0.141. The predicted octanol–water partition coefficient (Wildman–Crippen LogP) is 0.260. The number of carboxylic acids is 1. The van der Waals surface area contributed by atoms with E-state index in [0.29, 0.717) is 31.4 Å². The van der Waals surface area contributed by atoms with Gasteiger partial charge in [0.25, 0.3) is 0 Å². The number of methoxy groups -OCH3 is 1. The van der Waals surface area contributed by atoms with Gasteiger partial charge in [0.15, 0.2) is 0 Å². The molecule has 0 spiro atoms. The summed E-state index contributed by atoms with van der Waals surface area (Å²) in [6.45, 7) is 3.13. The van der Waals surface area contributed by atoms with Crippen LogP contribution < -0.4 is 25.8 Å². The van der Waals surface area contributed by atoms with Crippen molar-refractivity contribution in [1.29, 1.82) is 0 Å². The monoisotopic (exact) mass is 591 g/mol. The highest BCUT2D eigenvalue weighted by Gasteiger charge is 2.34. The van der Waals surface area contributed by atoms with E-state index in [4.69, 9.17) is 4.74 Å². The molecule has 0 aliphatic rings. The molecule has 0 aliphatic heterocycles. The average molecular weight is 592 g/mol. The Kier molecular flexibility index (Phi) is 13.0. The van der Waals surface area contributed by atoms with Crippen LogP contribution in [0.4, 0.5) is 4.79 Å². The van der Waals surface area contributed by atoms with Crippen molar-refractivity contribution in [2.45, 2.75) is 50.2 Å². The number of nitrogens with zero attached hydrogens (tertiary/aromatic N) is 1. The van der Waals surface area contributed by atoms with E-state index >= 15 is 0 Å². The fourth-order valence-corrected chi connectivity index (χ4v) is 5.93. The Labute approximate surface area is 241 Å². The summed E-state index contributed by atoms with van der Waals surface area (Å²) < 4.78 is 33.9. The van der Waals surface area contributed by atoms with Crippen molar-refractivity contribution in [3.05, 3.63) is 60.2 Å². The lowest BCUT2D eigenvalue weighted by Crippen LogP contribution is -2.50. The van der Waals surface area contributed by atoms with Crippen LogP contribution in [0.3, 0.4) is 0 Å². The number of hydrogen-bond donors (Lipinski definition) is 4. The van der Waals surface area contributed by atoms with Crippen molar-refractivity contribution >= 4 is 28.4 Å². The summed E-state index contributed by atoms with van der Waals surface area (Å²) in [4.78, 5) is 33.5. The van der Waals surface area contributed by atoms with Gasteiger partial charge in [0.05, 0.1) is 36.7 Å². The fraction of sp³-hybridized carbons (Fsp3) is 0.464. The van der Waals surface area contributed by atoms with Crippen molar-refractivity contribution in [3.8, 4) is 5.75 Å². The van der Waals surface area contributed by atoms with Crippen LogP contribution in [0.15, 0.2) is 59.5 Å². The Bertz CT molecular complexity index is 1220. The molecule has 13 heteroatoms. The van der Waals surface area contributed by atoms with Gasteiger partial charge in [0.1, 0.15) is 5.75 Å². The third-order valence-corrected chi connectivity index (χ3v) is 8.27. The third kappa shape index (κ3) is 11.4. The number of aliphatic hydroxyl groups excluding tert-OH is 1. The van der Waals surface area contributed by atoms with Gasteiger partial charge in [-0.2, -0.15) is 4.31 Å². The number of carbonyl (C=O) groups is 3. The van der Waals surface area contributed by atoms with Crippen LogP contribution in [0.2, 0.25) is 0 Å². The summed E-state index contributed by atoms with van der Waals surface area (Å²) in [6.07, 6.45) is 0.538. The number of hydrogen-bond acceptors (Lipinski definition) is 8. The van der Waals surface area contributed by atoms with Crippen LogP contribution in [0, 0.1) is 5.41 Å². The molecule has 0 saturated heterocycles. The minimum absolute atomic E-state index is 0.0236. The Morgan fingerprint density at radius 3 is 2.34 bits per heavy atom. The molecule has 2 atom stereocenters. The molecule has 2 unspecified atom stereocenters. The normalized spacial score (nSPS) is 13.2. The van der Waals surface area contributed by atoms with E-state index < -0.39 is 46.1 Å². The maximum Gasteiger partial charge on any atom is 0.315 e. The lowest BCUT2D eigenvalue weighted by molar-refractivity contribution is -0.303. The molecule has 4 N–H and O–H groups in total. The standard InChI is InChI=1S/C28H40N4O8S/c1-28(2,14-7-15-29-27(37)30-17-26(35)36)19-32(41(38,39)23-12-10-22(40-3)11-13-23)18-25(34)24(31-20-33)16-21-8-5-4-6-9-21/h4-6,8-13,20,24-25,34H,7,14-19H2,1-3H3,(H,31,33)(H,35,36)(H2,29,30,37)/p-1. The van der Waals surface area contributed by atoms with Gasteiger partial charge in [-0.1, -0.05) is 44.2 Å². The summed E-state index contributed by atoms with van der Waals surface area (Å²) in [7, 11) is -2.60. The summed E-state index contributed by atoms with van der Waals surface area (Å²) >= 11 is 0. The van der Waals surface area contributed by atoms with E-state index in [9.17, 15) is 33.0 Å². The second-order valence-electron chi connectivity index (χ2n) is 10.4. The number of amides is 3. The SMILES string of the molecule is COc1ccc(S(=O)(=O)N(CC(O)C(Cc2ccccc2)NC=O)CC(C)(C)CCCNC(=O)NCC(=O)[O-])cc1. The number of benzene rings is 2. The van der Waals surface area contributed by atoms with Crippen LogP contribution >= 0.6 is 0 Å². The first-order valence-corrected chi connectivity index (χ1v) is 14.6. The zero-order valence-corrected chi connectivity index (χ0v) is 24.4. The zero-order valence-electron chi connectivity index (χ0n) is 23.5. The first kappa shape index (κ1) is 33.5. The first-order valence-electron chi connectivity index (χ1n) is 13.2. The molecule has 0 saturated carbocycles. The molecule has 2 aromatic carbocycles. The van der Waals surface area contributed by atoms with Crippen molar-refractivity contribution in [2.24, 2.45) is 5.41 Å². The van der Waals surface area contributed by atoms with E-state index in [0.717, 1.165) is 5.56 Å². The lowest BCUT2D eigenvalue weighted by Gasteiger charge is -2.35. The third-order valence-electron chi connectivity index (χ3n) is 6.45. The Morgan fingerprint density at radius 2 is 1.76 bits per heavy atom. The van der Waals surface area contributed by atoms with Crippen LogP contribution in [0.25, 0.3) is 0 Å². The molecule has 0 bridgehead atoms. The van der Waals surface area contributed by atoms with Gasteiger partial charge in [0, 0.05) is 19.6 Å². The molecule has 2 rings (SSSR count). The number of sulfonamides is 1. The highest BCUT2D eigenvalue weighted by molar-refractivity contribution is 7.89. The van der Waals surface area contributed by atoms with E-state index in [2.05, 4.69) is 16.0 Å². The molecule has 0 fully saturated rings. The average Bonchev–Trinajstić information content (AvgIpc) is 2.94. The van der Waals surface area contributed by atoms with Crippen LogP contribution in [0.5, 0.6) is 5.75 Å². The lowest BCUT2D eigenvalue weighted by atomic mass is 9.87. The number of rotatable bonds is 18. The minimum Gasteiger partial charge on any atom is -0.548 e. The maximum atomic E-state index is 13.8. The highest BCUT2D eigenvalue weighted by Crippen LogP contribution is 2.28. The molecule has 12 nitrogen and oxygen atoms in total. The van der Waals surface area contributed by atoms with Gasteiger partial charge in [-0.25, -0.2) is 13.2 Å². The molecule has 41 heavy (non-hydrogen) atoms. The van der Waals surface area contributed by atoms with Gasteiger partial charge < -0.3 is 35.7 Å². The van der Waals surface area contributed by atoms with Gasteiger partial charge in [-0.15, -0.1) is 0 Å². The van der Waals surface area contributed by atoms with Gasteiger partial charge in [-0.05, 0) is 54.5 Å². The molecule has 0 aromatic heterocycles. The number of nitrogens with one attached hydrogen (secondary N) is 3. The topological polar surface area (TPSA) is 177 Å². The molecule has 0 radical (unpaired) electrons. The number of carbonyl (C=O) groups excluding carboxylic acids is 3. The van der Waals surface area contributed by atoms with E-state index in [-0.39, 0.29) is 24.5 Å². The van der Waals surface area contributed by atoms with Crippen LogP contribution in [0.1, 0.15) is 32.3 Å². The number of aliphatic hydroxyl groups is 1. The zero-order chi connectivity index (χ0) is 30.5. The van der Waals surface area contributed by atoms with E-state index in [1.54, 1.807) is 0 Å². The Balaban J connectivity index is 2.21. The summed E-state index contributed by atoms with van der Waals surface area (Å²) in [5, 5.41) is 29.0. The maximum absolute atomic E-state index is 13.8. The van der Waals surface area contributed by atoms with Crippen LogP contribution in [-0.4, -0.2) is 81.7 Å². The minimum atomic E-state index is -4.07. The molecule has 2 aromatic rings. The molecule has 226 valence electrons. The Hall–Kier alpha value is -3.68. The highest BCUT2D eigenvalue weighted by atomic mass is 32.2. The second kappa shape index (κ2) is 15.9. The van der Waals surface area contributed by atoms with Crippen LogP contribution in [-0.2, 0) is 26.0 Å². The van der Waals surface area contributed by atoms with Crippen molar-refractivity contribution in [2.75, 3.05) is 33.3 Å². The number of aliphatic carboxylic acids is 1.